The molecule has 8 nitrogen and oxygen atoms in total. The van der Waals surface area contributed by atoms with E-state index in [9.17, 15) is 5.26 Å². The SMILES string of the molecule is COc1cccc(COc2c(OC)cccc2-c2nc(N)nc(N)c2C#N)c1. The summed E-state index contributed by atoms with van der Waals surface area (Å²) in [5.74, 6) is 1.60. The highest BCUT2D eigenvalue weighted by Crippen LogP contribution is 2.40. The average Bonchev–Trinajstić information content (AvgIpc) is 2.71. The first-order valence-corrected chi connectivity index (χ1v) is 8.33. The van der Waals surface area contributed by atoms with Gasteiger partial charge in [0.1, 0.15) is 29.8 Å². The zero-order valence-corrected chi connectivity index (χ0v) is 15.5. The van der Waals surface area contributed by atoms with Crippen LogP contribution < -0.4 is 25.7 Å². The molecule has 3 rings (SSSR count). The molecule has 0 saturated heterocycles. The number of hydrogen-bond donors (Lipinski definition) is 2. The van der Waals surface area contributed by atoms with Crippen molar-refractivity contribution in [3.05, 3.63) is 53.6 Å². The Morgan fingerprint density at radius 2 is 1.82 bits per heavy atom. The molecule has 0 spiro atoms. The molecule has 142 valence electrons. The van der Waals surface area contributed by atoms with Crippen LogP contribution >= 0.6 is 0 Å². The Labute approximate surface area is 162 Å². The number of aromatic nitrogens is 2. The van der Waals surface area contributed by atoms with Crippen LogP contribution in [0.4, 0.5) is 11.8 Å². The number of nitriles is 1. The van der Waals surface area contributed by atoms with Gasteiger partial charge in [-0.1, -0.05) is 18.2 Å². The number of nitrogen functional groups attached to an aromatic ring is 2. The molecule has 0 unspecified atom stereocenters. The summed E-state index contributed by atoms with van der Waals surface area (Å²) in [6.07, 6.45) is 0. The maximum Gasteiger partial charge on any atom is 0.222 e. The maximum absolute atomic E-state index is 9.50. The summed E-state index contributed by atoms with van der Waals surface area (Å²) in [4.78, 5) is 8.05. The van der Waals surface area contributed by atoms with Gasteiger partial charge in [0.25, 0.3) is 0 Å². The van der Waals surface area contributed by atoms with E-state index in [2.05, 4.69) is 9.97 Å². The Kier molecular flexibility index (Phi) is 5.46. The predicted molar refractivity (Wildman–Crippen MR) is 105 cm³/mol. The quantitative estimate of drug-likeness (QED) is 0.671. The monoisotopic (exact) mass is 377 g/mol. The molecule has 3 aromatic rings. The average molecular weight is 377 g/mol. The fourth-order valence-corrected chi connectivity index (χ4v) is 2.73. The molecular formula is C20H19N5O3. The van der Waals surface area contributed by atoms with Crippen LogP contribution in [-0.4, -0.2) is 24.2 Å². The molecule has 0 amide bonds. The second-order valence-corrected chi connectivity index (χ2v) is 5.78. The molecule has 0 atom stereocenters. The highest BCUT2D eigenvalue weighted by atomic mass is 16.5. The lowest BCUT2D eigenvalue weighted by Crippen LogP contribution is -2.06. The lowest BCUT2D eigenvalue weighted by atomic mass is 10.1. The standard InChI is InChI=1S/C20H19N5O3/c1-26-13-6-3-5-12(9-13)11-28-18-14(7-4-8-16(18)27-2)17-15(10-21)19(22)25-20(23)24-17/h3-9H,11H2,1-2H3,(H4,22,23,24,25). The molecule has 8 heteroatoms. The molecule has 0 fully saturated rings. The van der Waals surface area contributed by atoms with E-state index in [1.807, 2.05) is 30.3 Å². The summed E-state index contributed by atoms with van der Waals surface area (Å²) >= 11 is 0. The number of anilines is 2. The minimum atomic E-state index is -0.0342. The van der Waals surface area contributed by atoms with E-state index in [0.29, 0.717) is 17.1 Å². The third kappa shape index (κ3) is 3.73. The highest BCUT2D eigenvalue weighted by molar-refractivity contribution is 5.79. The minimum Gasteiger partial charge on any atom is -0.497 e. The minimum absolute atomic E-state index is 0.00608. The normalized spacial score (nSPS) is 10.2. The Bertz CT molecular complexity index is 1050. The Morgan fingerprint density at radius 3 is 2.54 bits per heavy atom. The van der Waals surface area contributed by atoms with Crippen LogP contribution in [0.25, 0.3) is 11.3 Å². The molecule has 0 aliphatic carbocycles. The molecule has 4 N–H and O–H groups in total. The molecule has 0 aliphatic heterocycles. The van der Waals surface area contributed by atoms with Crippen molar-refractivity contribution in [3.63, 3.8) is 0 Å². The van der Waals surface area contributed by atoms with Crippen molar-refractivity contribution in [3.8, 4) is 34.6 Å². The Morgan fingerprint density at radius 1 is 1.04 bits per heavy atom. The molecule has 2 aromatic carbocycles. The van der Waals surface area contributed by atoms with Crippen molar-refractivity contribution in [1.82, 2.24) is 9.97 Å². The van der Waals surface area contributed by atoms with Gasteiger partial charge in [0, 0.05) is 5.56 Å². The van der Waals surface area contributed by atoms with Gasteiger partial charge < -0.3 is 25.7 Å². The lowest BCUT2D eigenvalue weighted by Gasteiger charge is -2.16. The van der Waals surface area contributed by atoms with E-state index in [1.54, 1.807) is 25.3 Å². The van der Waals surface area contributed by atoms with E-state index in [0.717, 1.165) is 11.3 Å². The summed E-state index contributed by atoms with van der Waals surface area (Å²) in [5, 5.41) is 9.50. The number of methoxy groups -OCH3 is 2. The van der Waals surface area contributed by atoms with Crippen molar-refractivity contribution in [2.24, 2.45) is 0 Å². The van der Waals surface area contributed by atoms with Crippen molar-refractivity contribution in [2.45, 2.75) is 6.61 Å². The number of nitrogens with two attached hydrogens (primary N) is 2. The van der Waals surface area contributed by atoms with Crippen molar-refractivity contribution in [2.75, 3.05) is 25.7 Å². The second-order valence-electron chi connectivity index (χ2n) is 5.78. The summed E-state index contributed by atoms with van der Waals surface area (Å²) < 4.78 is 16.7. The molecule has 0 radical (unpaired) electrons. The fraction of sp³-hybridized carbons (Fsp3) is 0.150. The van der Waals surface area contributed by atoms with Gasteiger partial charge in [-0.15, -0.1) is 0 Å². The Hall–Kier alpha value is -3.99. The van der Waals surface area contributed by atoms with E-state index in [1.165, 1.54) is 7.11 Å². The Balaban J connectivity index is 2.06. The van der Waals surface area contributed by atoms with Crippen LogP contribution in [0.2, 0.25) is 0 Å². The number of ether oxygens (including phenoxy) is 3. The lowest BCUT2D eigenvalue weighted by molar-refractivity contribution is 0.285. The summed E-state index contributed by atoms with van der Waals surface area (Å²) in [5.41, 5.74) is 13.4. The van der Waals surface area contributed by atoms with Gasteiger partial charge in [0.2, 0.25) is 5.95 Å². The highest BCUT2D eigenvalue weighted by Gasteiger charge is 2.20. The molecule has 0 bridgehead atoms. The van der Waals surface area contributed by atoms with Crippen molar-refractivity contribution >= 4 is 11.8 Å². The van der Waals surface area contributed by atoms with Gasteiger partial charge in [-0.05, 0) is 29.8 Å². The third-order valence-corrected chi connectivity index (χ3v) is 4.04. The number of nitrogens with zero attached hydrogens (tertiary/aromatic N) is 3. The largest absolute Gasteiger partial charge is 0.497 e. The molecule has 28 heavy (non-hydrogen) atoms. The van der Waals surface area contributed by atoms with Crippen LogP contribution in [-0.2, 0) is 6.61 Å². The van der Waals surface area contributed by atoms with Crippen LogP contribution in [0.1, 0.15) is 11.1 Å². The molecule has 0 saturated carbocycles. The van der Waals surface area contributed by atoms with E-state index in [-0.39, 0.29) is 29.6 Å². The topological polar surface area (TPSA) is 129 Å². The first kappa shape index (κ1) is 18.8. The van der Waals surface area contributed by atoms with E-state index >= 15 is 0 Å². The first-order chi connectivity index (χ1) is 13.6. The molecule has 1 heterocycles. The zero-order valence-electron chi connectivity index (χ0n) is 15.5. The number of hydrogen-bond acceptors (Lipinski definition) is 8. The summed E-state index contributed by atoms with van der Waals surface area (Å²) in [6.45, 7) is 0.252. The van der Waals surface area contributed by atoms with Gasteiger partial charge in [-0.25, -0.2) is 4.98 Å². The van der Waals surface area contributed by atoms with E-state index < -0.39 is 0 Å². The maximum atomic E-state index is 9.50. The van der Waals surface area contributed by atoms with Crippen molar-refractivity contribution in [1.29, 1.82) is 5.26 Å². The van der Waals surface area contributed by atoms with Gasteiger partial charge >= 0.3 is 0 Å². The molecule has 0 aliphatic rings. The van der Waals surface area contributed by atoms with Gasteiger partial charge in [-0.3, -0.25) is 0 Å². The van der Waals surface area contributed by atoms with E-state index in [4.69, 9.17) is 25.7 Å². The first-order valence-electron chi connectivity index (χ1n) is 8.33. The van der Waals surface area contributed by atoms with Gasteiger partial charge in [0.15, 0.2) is 11.5 Å². The van der Waals surface area contributed by atoms with Gasteiger partial charge in [-0.2, -0.15) is 10.2 Å². The number of para-hydroxylation sites is 1. The van der Waals surface area contributed by atoms with Crippen LogP contribution in [0, 0.1) is 11.3 Å². The molecular weight excluding hydrogens is 358 g/mol. The van der Waals surface area contributed by atoms with Crippen LogP contribution in [0.15, 0.2) is 42.5 Å². The van der Waals surface area contributed by atoms with Crippen LogP contribution in [0.5, 0.6) is 17.2 Å². The predicted octanol–water partition coefficient (Wildman–Crippen LogP) is 2.78. The van der Waals surface area contributed by atoms with Crippen molar-refractivity contribution < 1.29 is 14.2 Å². The van der Waals surface area contributed by atoms with Gasteiger partial charge in [0.05, 0.1) is 19.9 Å². The second kappa shape index (κ2) is 8.14. The summed E-state index contributed by atoms with van der Waals surface area (Å²) in [7, 11) is 3.14. The smallest absolute Gasteiger partial charge is 0.222 e. The fourth-order valence-electron chi connectivity index (χ4n) is 2.73. The summed E-state index contributed by atoms with van der Waals surface area (Å²) in [6, 6.07) is 14.8. The van der Waals surface area contributed by atoms with Crippen LogP contribution in [0.3, 0.4) is 0 Å². The third-order valence-electron chi connectivity index (χ3n) is 4.04. The zero-order chi connectivity index (χ0) is 20.1. The number of rotatable bonds is 6. The molecule has 1 aromatic heterocycles. The number of benzene rings is 2.